The average Bonchev–Trinajstić information content (AvgIpc) is 3.49. The molecule has 2 aliphatic heterocycles. The Kier molecular flexibility index (Phi) is 6.69. The van der Waals surface area contributed by atoms with Gasteiger partial charge in [-0.15, -0.1) is 0 Å². The van der Waals surface area contributed by atoms with E-state index in [-0.39, 0.29) is 16.7 Å². The molecule has 3 heterocycles. The van der Waals surface area contributed by atoms with E-state index >= 15 is 0 Å². The smallest absolute Gasteiger partial charge is 0.301 e. The third kappa shape index (κ3) is 4.80. The fraction of sp³-hybridized carbons (Fsp3) is 0.281. The van der Waals surface area contributed by atoms with E-state index in [1.807, 2.05) is 49.4 Å². The number of anilines is 1. The van der Waals surface area contributed by atoms with Gasteiger partial charge < -0.3 is 19.3 Å². The Bertz CT molecular complexity index is 1700. The third-order valence-corrected chi connectivity index (χ3v) is 8.24. The van der Waals surface area contributed by atoms with Crippen molar-refractivity contribution in [2.45, 2.75) is 39.2 Å². The second kappa shape index (κ2) is 10.2. The molecule has 41 heavy (non-hydrogen) atoms. The number of rotatable bonds is 5. The zero-order chi connectivity index (χ0) is 28.9. The van der Waals surface area contributed by atoms with Gasteiger partial charge in [-0.2, -0.15) is 0 Å². The molecule has 0 saturated carbocycles. The van der Waals surface area contributed by atoms with Crippen LogP contribution >= 0.6 is 11.3 Å². The first-order chi connectivity index (χ1) is 19.7. The molecule has 0 bridgehead atoms. The minimum absolute atomic E-state index is 0.00977. The summed E-state index contributed by atoms with van der Waals surface area (Å²) >= 11 is 1.30. The molecule has 1 atom stereocenters. The van der Waals surface area contributed by atoms with E-state index in [4.69, 9.17) is 19.2 Å². The van der Waals surface area contributed by atoms with Gasteiger partial charge in [0.05, 0.1) is 28.4 Å². The summed E-state index contributed by atoms with van der Waals surface area (Å²) in [5.41, 5.74) is 2.73. The van der Waals surface area contributed by atoms with Crippen LogP contribution in [0.2, 0.25) is 0 Å². The number of aromatic nitrogens is 1. The molecule has 0 radical (unpaired) electrons. The lowest BCUT2D eigenvalue weighted by Crippen LogP contribution is -2.29. The Hall–Kier alpha value is -4.37. The fourth-order valence-corrected chi connectivity index (χ4v) is 6.13. The van der Waals surface area contributed by atoms with Crippen molar-refractivity contribution in [2.75, 3.05) is 24.7 Å². The second-order valence-corrected chi connectivity index (χ2v) is 12.0. The van der Waals surface area contributed by atoms with Crippen molar-refractivity contribution in [2.24, 2.45) is 0 Å². The van der Waals surface area contributed by atoms with Gasteiger partial charge in [-0.05, 0) is 59.9 Å². The van der Waals surface area contributed by atoms with Gasteiger partial charge in [0.25, 0.3) is 5.78 Å². The first-order valence-electron chi connectivity index (χ1n) is 13.5. The standard InChI is InChI=1S/C32H30N2O6S/c1-5-38-21-11-12-22-25(17-21)41-31(33-22)34-27(18-6-9-20(10-7-18)32(2,3)4)26(29(36)30(34)37)28(35)19-8-13-23-24(16-19)40-15-14-39-23/h6-13,16-17,27,35H,5,14-15H2,1-4H3/b28-26+. The highest BCUT2D eigenvalue weighted by molar-refractivity contribution is 7.22. The summed E-state index contributed by atoms with van der Waals surface area (Å²) in [6.07, 6.45) is 0. The van der Waals surface area contributed by atoms with Crippen LogP contribution in [0, 0.1) is 0 Å². The summed E-state index contributed by atoms with van der Waals surface area (Å²) in [5.74, 6) is -0.0902. The van der Waals surface area contributed by atoms with Crippen LogP contribution in [0.15, 0.2) is 66.2 Å². The van der Waals surface area contributed by atoms with Crippen LogP contribution < -0.4 is 19.1 Å². The molecule has 1 saturated heterocycles. The largest absolute Gasteiger partial charge is 0.507 e. The van der Waals surface area contributed by atoms with Crippen LogP contribution in [0.25, 0.3) is 16.0 Å². The van der Waals surface area contributed by atoms with Gasteiger partial charge >= 0.3 is 5.91 Å². The maximum Gasteiger partial charge on any atom is 0.301 e. The van der Waals surface area contributed by atoms with Crippen molar-refractivity contribution in [3.8, 4) is 17.2 Å². The van der Waals surface area contributed by atoms with E-state index < -0.39 is 17.7 Å². The molecule has 6 rings (SSSR count). The van der Waals surface area contributed by atoms with Gasteiger partial charge in [-0.25, -0.2) is 4.98 Å². The number of nitrogens with zero attached hydrogens (tertiary/aromatic N) is 2. The number of thiazole rings is 1. The molecule has 1 fully saturated rings. The van der Waals surface area contributed by atoms with E-state index in [2.05, 4.69) is 20.8 Å². The summed E-state index contributed by atoms with van der Waals surface area (Å²) in [7, 11) is 0. The van der Waals surface area contributed by atoms with Crippen molar-refractivity contribution >= 4 is 44.1 Å². The van der Waals surface area contributed by atoms with Crippen LogP contribution in [-0.4, -0.2) is 41.6 Å². The normalized spacial score (nSPS) is 18.2. The molecule has 0 spiro atoms. The molecule has 4 aromatic rings. The molecule has 8 nitrogen and oxygen atoms in total. The van der Waals surface area contributed by atoms with E-state index in [0.717, 1.165) is 10.3 Å². The van der Waals surface area contributed by atoms with Crippen molar-refractivity contribution in [3.63, 3.8) is 0 Å². The molecular formula is C32H30N2O6S. The average molecular weight is 571 g/mol. The van der Waals surface area contributed by atoms with Crippen molar-refractivity contribution in [1.82, 2.24) is 4.98 Å². The van der Waals surface area contributed by atoms with E-state index in [1.54, 1.807) is 18.2 Å². The fourth-order valence-electron chi connectivity index (χ4n) is 5.11. The van der Waals surface area contributed by atoms with Crippen molar-refractivity contribution in [3.05, 3.63) is 82.9 Å². The Balaban J connectivity index is 1.51. The highest BCUT2D eigenvalue weighted by atomic mass is 32.1. The number of carbonyl (C=O) groups excluding carboxylic acids is 2. The van der Waals surface area contributed by atoms with E-state index in [0.29, 0.717) is 58.8 Å². The number of fused-ring (bicyclic) bond motifs is 2. The Labute approximate surface area is 241 Å². The van der Waals surface area contributed by atoms with Gasteiger partial charge in [-0.1, -0.05) is 56.4 Å². The number of Topliss-reactive ketones (excluding diaryl/α,β-unsaturated/α-hetero) is 1. The van der Waals surface area contributed by atoms with Gasteiger partial charge in [0, 0.05) is 5.56 Å². The molecule has 1 aromatic heterocycles. The van der Waals surface area contributed by atoms with Crippen molar-refractivity contribution in [1.29, 1.82) is 0 Å². The zero-order valence-electron chi connectivity index (χ0n) is 23.3. The first-order valence-corrected chi connectivity index (χ1v) is 14.3. The summed E-state index contributed by atoms with van der Waals surface area (Å²) in [4.78, 5) is 33.4. The lowest BCUT2D eigenvalue weighted by atomic mass is 9.85. The highest BCUT2D eigenvalue weighted by Gasteiger charge is 2.48. The molecule has 1 N–H and O–H groups in total. The monoisotopic (exact) mass is 570 g/mol. The number of aliphatic hydroxyl groups is 1. The number of hydrogen-bond acceptors (Lipinski definition) is 8. The predicted molar refractivity (Wildman–Crippen MR) is 158 cm³/mol. The molecule has 1 unspecified atom stereocenters. The second-order valence-electron chi connectivity index (χ2n) is 11.0. The Morgan fingerprint density at radius 3 is 2.46 bits per heavy atom. The molecule has 9 heteroatoms. The Morgan fingerprint density at radius 2 is 1.76 bits per heavy atom. The summed E-state index contributed by atoms with van der Waals surface area (Å²) in [5, 5.41) is 11.9. The van der Waals surface area contributed by atoms with Crippen LogP contribution in [0.3, 0.4) is 0 Å². The van der Waals surface area contributed by atoms with Gasteiger partial charge in [0.2, 0.25) is 0 Å². The third-order valence-electron chi connectivity index (χ3n) is 7.22. The number of carbonyl (C=O) groups is 2. The number of aliphatic hydroxyl groups excluding tert-OH is 1. The number of benzene rings is 3. The predicted octanol–water partition coefficient (Wildman–Crippen LogP) is 6.39. The first kappa shape index (κ1) is 26.8. The number of hydrogen-bond donors (Lipinski definition) is 1. The van der Waals surface area contributed by atoms with Crippen LogP contribution in [0.5, 0.6) is 17.2 Å². The number of ether oxygens (including phenoxy) is 3. The Morgan fingerprint density at radius 1 is 1.02 bits per heavy atom. The SMILES string of the molecule is CCOc1ccc2nc(N3C(=O)C(=O)/C(=C(/O)c4ccc5c(c4)OCCO5)C3c3ccc(C(C)(C)C)cc3)sc2c1. The van der Waals surface area contributed by atoms with Crippen LogP contribution in [-0.2, 0) is 15.0 Å². The molecule has 0 aliphatic carbocycles. The lowest BCUT2D eigenvalue weighted by molar-refractivity contribution is -0.132. The quantitative estimate of drug-likeness (QED) is 0.169. The van der Waals surface area contributed by atoms with Crippen LogP contribution in [0.1, 0.15) is 50.4 Å². The van der Waals surface area contributed by atoms with Gasteiger partial charge in [0.1, 0.15) is 24.7 Å². The molecule has 3 aromatic carbocycles. The molecular weight excluding hydrogens is 540 g/mol. The summed E-state index contributed by atoms with van der Waals surface area (Å²) in [6, 6.07) is 17.4. The minimum atomic E-state index is -0.885. The maximum absolute atomic E-state index is 13.7. The molecule has 2 aliphatic rings. The van der Waals surface area contributed by atoms with Gasteiger partial charge in [0.15, 0.2) is 16.6 Å². The molecule has 1 amide bonds. The number of ketones is 1. The zero-order valence-corrected chi connectivity index (χ0v) is 24.1. The van der Waals surface area contributed by atoms with Gasteiger partial charge in [-0.3, -0.25) is 14.5 Å². The van der Waals surface area contributed by atoms with Crippen molar-refractivity contribution < 1.29 is 28.9 Å². The summed E-state index contributed by atoms with van der Waals surface area (Å²) in [6.45, 7) is 9.60. The van der Waals surface area contributed by atoms with Crippen LogP contribution in [0.4, 0.5) is 5.13 Å². The van der Waals surface area contributed by atoms with E-state index in [1.165, 1.54) is 16.2 Å². The number of amides is 1. The topological polar surface area (TPSA) is 98.2 Å². The van der Waals surface area contributed by atoms with E-state index in [9.17, 15) is 14.7 Å². The highest BCUT2D eigenvalue weighted by Crippen LogP contribution is 2.45. The maximum atomic E-state index is 13.7. The molecule has 210 valence electrons. The minimum Gasteiger partial charge on any atom is -0.507 e. The summed E-state index contributed by atoms with van der Waals surface area (Å²) < 4.78 is 17.8. The lowest BCUT2D eigenvalue weighted by Gasteiger charge is -2.25.